The van der Waals surface area contributed by atoms with E-state index >= 15 is 0 Å². The molecule has 0 unspecified atom stereocenters. The van der Waals surface area contributed by atoms with Crippen LogP contribution in [0.2, 0.25) is 5.02 Å². The fourth-order valence-corrected chi connectivity index (χ4v) is 4.39. The van der Waals surface area contributed by atoms with E-state index < -0.39 is 10.0 Å². The van der Waals surface area contributed by atoms with Gasteiger partial charge in [0.2, 0.25) is 15.9 Å². The summed E-state index contributed by atoms with van der Waals surface area (Å²) in [6, 6.07) is 9.61. The average molecular weight is 440 g/mol. The number of hydrogen-bond donors (Lipinski definition) is 2. The Morgan fingerprint density at radius 2 is 1.76 bits per heavy atom. The van der Waals surface area contributed by atoms with Crippen LogP contribution in [0.3, 0.4) is 0 Å². The van der Waals surface area contributed by atoms with Crippen LogP contribution in [0, 0.1) is 6.92 Å². The summed E-state index contributed by atoms with van der Waals surface area (Å²) in [6.07, 6.45) is 0. The van der Waals surface area contributed by atoms with Crippen LogP contribution in [-0.2, 0) is 14.8 Å². The lowest BCUT2D eigenvalue weighted by Crippen LogP contribution is -2.30. The SMILES string of the molecule is CCN(CC)S(=O)(=O)c1ccc(NC(=O)CNc2cc(C)c(Cl)cc2OC)cc1. The number of ether oxygens (including phenoxy) is 1. The first-order chi connectivity index (χ1) is 13.7. The Morgan fingerprint density at radius 1 is 1.14 bits per heavy atom. The largest absolute Gasteiger partial charge is 0.495 e. The summed E-state index contributed by atoms with van der Waals surface area (Å²) in [7, 11) is -2.00. The lowest BCUT2D eigenvalue weighted by atomic mass is 10.2. The van der Waals surface area contributed by atoms with Gasteiger partial charge in [0.25, 0.3) is 0 Å². The highest BCUT2D eigenvalue weighted by atomic mass is 35.5. The standard InChI is InChI=1S/C20H26ClN3O4S/c1-5-24(6-2)29(26,27)16-9-7-15(8-10-16)23-20(25)13-22-18-11-14(3)17(21)12-19(18)28-4/h7-12,22H,5-6,13H2,1-4H3,(H,23,25). The molecule has 158 valence electrons. The molecule has 2 rings (SSSR count). The molecule has 0 saturated carbocycles. The maximum Gasteiger partial charge on any atom is 0.243 e. The van der Waals surface area contributed by atoms with Crippen molar-refractivity contribution in [2.75, 3.05) is 37.4 Å². The van der Waals surface area contributed by atoms with Crippen LogP contribution in [0.5, 0.6) is 5.75 Å². The normalized spacial score (nSPS) is 11.4. The number of halogens is 1. The molecule has 0 saturated heterocycles. The molecule has 9 heteroatoms. The molecular weight excluding hydrogens is 414 g/mol. The highest BCUT2D eigenvalue weighted by Gasteiger charge is 2.21. The van der Waals surface area contributed by atoms with E-state index in [2.05, 4.69) is 10.6 Å². The number of carbonyl (C=O) groups excluding carboxylic acids is 1. The van der Waals surface area contributed by atoms with Gasteiger partial charge in [0.1, 0.15) is 5.75 Å². The molecule has 0 atom stereocenters. The number of methoxy groups -OCH3 is 1. The maximum atomic E-state index is 12.5. The average Bonchev–Trinajstić information content (AvgIpc) is 2.69. The van der Waals surface area contributed by atoms with Gasteiger partial charge in [-0.05, 0) is 42.8 Å². The molecule has 0 aromatic heterocycles. The van der Waals surface area contributed by atoms with Crippen molar-refractivity contribution in [3.8, 4) is 5.75 Å². The predicted molar refractivity (Wildman–Crippen MR) is 116 cm³/mol. The number of carbonyl (C=O) groups is 1. The number of amides is 1. The summed E-state index contributed by atoms with van der Waals surface area (Å²) in [5, 5.41) is 6.33. The fraction of sp³-hybridized carbons (Fsp3) is 0.350. The van der Waals surface area contributed by atoms with E-state index in [0.29, 0.717) is 35.2 Å². The molecule has 29 heavy (non-hydrogen) atoms. The fourth-order valence-electron chi connectivity index (χ4n) is 2.77. The summed E-state index contributed by atoms with van der Waals surface area (Å²) < 4.78 is 31.7. The Bertz CT molecular complexity index is 958. The summed E-state index contributed by atoms with van der Waals surface area (Å²) in [5.41, 5.74) is 2.03. The quantitative estimate of drug-likeness (QED) is 0.621. The Kier molecular flexibility index (Phi) is 7.89. The summed E-state index contributed by atoms with van der Waals surface area (Å²) in [6.45, 7) is 6.25. The van der Waals surface area contributed by atoms with Crippen LogP contribution in [0.25, 0.3) is 0 Å². The van der Waals surface area contributed by atoms with Gasteiger partial charge in [0.15, 0.2) is 0 Å². The summed E-state index contributed by atoms with van der Waals surface area (Å²) in [4.78, 5) is 12.4. The molecule has 0 radical (unpaired) electrons. The van der Waals surface area contributed by atoms with Crippen molar-refractivity contribution in [2.45, 2.75) is 25.7 Å². The van der Waals surface area contributed by atoms with Gasteiger partial charge in [-0.2, -0.15) is 4.31 Å². The number of hydrogen-bond acceptors (Lipinski definition) is 5. The monoisotopic (exact) mass is 439 g/mol. The van der Waals surface area contributed by atoms with E-state index in [0.717, 1.165) is 5.56 Å². The Hall–Kier alpha value is -2.29. The van der Waals surface area contributed by atoms with E-state index in [1.807, 2.05) is 6.92 Å². The minimum absolute atomic E-state index is 0.0108. The zero-order valence-electron chi connectivity index (χ0n) is 17.0. The van der Waals surface area contributed by atoms with Crippen LogP contribution in [0.1, 0.15) is 19.4 Å². The van der Waals surface area contributed by atoms with Crippen molar-refractivity contribution in [1.29, 1.82) is 0 Å². The van der Waals surface area contributed by atoms with Crippen molar-refractivity contribution in [3.63, 3.8) is 0 Å². The van der Waals surface area contributed by atoms with Gasteiger partial charge in [0.05, 0.1) is 24.2 Å². The second kappa shape index (κ2) is 9.96. The zero-order chi connectivity index (χ0) is 21.6. The minimum Gasteiger partial charge on any atom is -0.495 e. The maximum absolute atomic E-state index is 12.5. The highest BCUT2D eigenvalue weighted by molar-refractivity contribution is 7.89. The van der Waals surface area contributed by atoms with Gasteiger partial charge in [-0.25, -0.2) is 8.42 Å². The first-order valence-corrected chi connectivity index (χ1v) is 11.0. The van der Waals surface area contributed by atoms with Gasteiger partial charge in [-0.3, -0.25) is 4.79 Å². The summed E-state index contributed by atoms with van der Waals surface area (Å²) in [5.74, 6) is 0.262. The Labute approximate surface area is 177 Å². The lowest BCUT2D eigenvalue weighted by molar-refractivity contribution is -0.114. The zero-order valence-corrected chi connectivity index (χ0v) is 18.5. The second-order valence-electron chi connectivity index (χ2n) is 6.32. The van der Waals surface area contributed by atoms with Crippen molar-refractivity contribution in [3.05, 3.63) is 47.0 Å². The van der Waals surface area contributed by atoms with Crippen LogP contribution >= 0.6 is 11.6 Å². The molecule has 2 aromatic carbocycles. The third-order valence-electron chi connectivity index (χ3n) is 4.40. The predicted octanol–water partition coefficient (Wildman–Crippen LogP) is 3.74. The van der Waals surface area contributed by atoms with E-state index in [1.165, 1.54) is 23.5 Å². The number of nitrogens with zero attached hydrogens (tertiary/aromatic N) is 1. The molecule has 2 aromatic rings. The third-order valence-corrected chi connectivity index (χ3v) is 6.87. The van der Waals surface area contributed by atoms with Crippen molar-refractivity contribution in [1.82, 2.24) is 4.31 Å². The molecule has 0 aliphatic carbocycles. The second-order valence-corrected chi connectivity index (χ2v) is 8.66. The Morgan fingerprint density at radius 3 is 2.31 bits per heavy atom. The molecule has 7 nitrogen and oxygen atoms in total. The molecule has 1 amide bonds. The Balaban J connectivity index is 2.03. The number of rotatable bonds is 9. The molecule has 2 N–H and O–H groups in total. The number of nitrogens with one attached hydrogen (secondary N) is 2. The van der Waals surface area contributed by atoms with E-state index in [1.54, 1.807) is 38.1 Å². The van der Waals surface area contributed by atoms with E-state index in [9.17, 15) is 13.2 Å². The van der Waals surface area contributed by atoms with Crippen molar-refractivity contribution in [2.24, 2.45) is 0 Å². The number of benzene rings is 2. The first-order valence-electron chi connectivity index (χ1n) is 9.21. The molecular formula is C20H26ClN3O4S. The number of anilines is 2. The molecule has 0 heterocycles. The molecule has 0 spiro atoms. The van der Waals surface area contributed by atoms with Gasteiger partial charge in [-0.1, -0.05) is 25.4 Å². The lowest BCUT2D eigenvalue weighted by Gasteiger charge is -2.18. The molecule has 0 aliphatic rings. The van der Waals surface area contributed by atoms with E-state index in [-0.39, 0.29) is 17.3 Å². The van der Waals surface area contributed by atoms with E-state index in [4.69, 9.17) is 16.3 Å². The van der Waals surface area contributed by atoms with Crippen molar-refractivity contribution < 1.29 is 17.9 Å². The molecule has 0 bridgehead atoms. The van der Waals surface area contributed by atoms with Crippen molar-refractivity contribution >= 4 is 38.9 Å². The first kappa shape index (κ1) is 23.0. The van der Waals surface area contributed by atoms with Crippen LogP contribution in [0.15, 0.2) is 41.3 Å². The third kappa shape index (κ3) is 5.62. The molecule has 0 fully saturated rings. The minimum atomic E-state index is -3.52. The van der Waals surface area contributed by atoms with Gasteiger partial charge in [-0.15, -0.1) is 0 Å². The van der Waals surface area contributed by atoms with Gasteiger partial charge in [0, 0.05) is 29.9 Å². The van der Waals surface area contributed by atoms with Crippen LogP contribution in [-0.4, -0.2) is 45.4 Å². The number of sulfonamides is 1. The van der Waals surface area contributed by atoms with Crippen LogP contribution in [0.4, 0.5) is 11.4 Å². The van der Waals surface area contributed by atoms with Gasteiger partial charge < -0.3 is 15.4 Å². The highest BCUT2D eigenvalue weighted by Crippen LogP contribution is 2.30. The topological polar surface area (TPSA) is 87.7 Å². The molecule has 0 aliphatic heterocycles. The smallest absolute Gasteiger partial charge is 0.243 e. The van der Waals surface area contributed by atoms with Gasteiger partial charge >= 0.3 is 0 Å². The number of aryl methyl sites for hydroxylation is 1. The van der Waals surface area contributed by atoms with Crippen LogP contribution < -0.4 is 15.4 Å². The summed E-state index contributed by atoms with van der Waals surface area (Å²) >= 11 is 6.08.